The van der Waals surface area contributed by atoms with Gasteiger partial charge in [-0.1, -0.05) is 0 Å². The van der Waals surface area contributed by atoms with Gasteiger partial charge < -0.3 is 19.9 Å². The fourth-order valence-corrected chi connectivity index (χ4v) is 2.75. The van der Waals surface area contributed by atoms with Crippen molar-refractivity contribution in [1.82, 2.24) is 19.9 Å². The van der Waals surface area contributed by atoms with E-state index in [2.05, 4.69) is 20.3 Å². The quantitative estimate of drug-likeness (QED) is 0.909. The lowest BCUT2D eigenvalue weighted by Crippen LogP contribution is -2.42. The molecule has 1 aliphatic rings. The van der Waals surface area contributed by atoms with Crippen LogP contribution in [0.1, 0.15) is 33.6 Å². The first-order valence-corrected chi connectivity index (χ1v) is 7.96. The van der Waals surface area contributed by atoms with Crippen LogP contribution in [0.3, 0.4) is 0 Å². The summed E-state index contributed by atoms with van der Waals surface area (Å²) < 4.78 is 5.48. The number of aromatic nitrogens is 3. The van der Waals surface area contributed by atoms with Gasteiger partial charge in [-0.2, -0.15) is 4.98 Å². The highest BCUT2D eigenvalue weighted by atomic mass is 16.6. The Morgan fingerprint density at radius 3 is 3.09 bits per heavy atom. The van der Waals surface area contributed by atoms with Gasteiger partial charge in [0, 0.05) is 19.3 Å². The van der Waals surface area contributed by atoms with Gasteiger partial charge >= 0.3 is 6.09 Å². The molecule has 0 aromatic carbocycles. The molecule has 2 aromatic heterocycles. The second-order valence-corrected chi connectivity index (χ2v) is 6.81. The summed E-state index contributed by atoms with van der Waals surface area (Å²) in [7, 11) is 0. The molecule has 7 nitrogen and oxygen atoms in total. The maximum atomic E-state index is 12.3. The van der Waals surface area contributed by atoms with Gasteiger partial charge in [0.25, 0.3) is 0 Å². The van der Waals surface area contributed by atoms with Gasteiger partial charge in [0.1, 0.15) is 5.60 Å². The zero-order valence-electron chi connectivity index (χ0n) is 13.8. The zero-order valence-corrected chi connectivity index (χ0v) is 13.8. The van der Waals surface area contributed by atoms with Crippen molar-refractivity contribution in [2.45, 2.75) is 45.3 Å². The van der Waals surface area contributed by atoms with E-state index in [1.54, 1.807) is 11.1 Å². The number of aromatic amines is 1. The monoisotopic (exact) mass is 317 g/mol. The molecule has 0 saturated carbocycles. The van der Waals surface area contributed by atoms with Crippen LogP contribution in [0, 0.1) is 0 Å². The fourth-order valence-electron chi connectivity index (χ4n) is 2.75. The van der Waals surface area contributed by atoms with Gasteiger partial charge in [0.05, 0.1) is 11.6 Å². The van der Waals surface area contributed by atoms with E-state index in [0.29, 0.717) is 18.1 Å². The molecule has 0 unspecified atom stereocenters. The molecule has 0 bridgehead atoms. The third-order valence-electron chi connectivity index (χ3n) is 3.77. The number of fused-ring (bicyclic) bond motifs is 1. The number of ether oxygens (including phenoxy) is 1. The van der Waals surface area contributed by atoms with Crippen molar-refractivity contribution in [3.63, 3.8) is 0 Å². The Morgan fingerprint density at radius 2 is 2.35 bits per heavy atom. The average Bonchev–Trinajstić information content (AvgIpc) is 3.09. The third-order valence-corrected chi connectivity index (χ3v) is 3.77. The van der Waals surface area contributed by atoms with Crippen LogP contribution < -0.4 is 5.32 Å². The average molecular weight is 317 g/mol. The van der Waals surface area contributed by atoms with E-state index in [-0.39, 0.29) is 12.1 Å². The van der Waals surface area contributed by atoms with Crippen molar-refractivity contribution >= 4 is 23.2 Å². The summed E-state index contributed by atoms with van der Waals surface area (Å²) in [6, 6.07) is 3.92. The van der Waals surface area contributed by atoms with Gasteiger partial charge in [-0.15, -0.1) is 0 Å². The summed E-state index contributed by atoms with van der Waals surface area (Å²) in [5.41, 5.74) is 1.11. The minimum absolute atomic E-state index is 0.117. The van der Waals surface area contributed by atoms with E-state index in [0.717, 1.165) is 24.9 Å². The summed E-state index contributed by atoms with van der Waals surface area (Å²) in [6.07, 6.45) is 3.43. The molecule has 3 rings (SSSR count). The number of carbonyl (C=O) groups is 1. The normalized spacial score (nSPS) is 18.4. The summed E-state index contributed by atoms with van der Waals surface area (Å²) in [6.45, 7) is 7.03. The molecule has 0 spiro atoms. The lowest BCUT2D eigenvalue weighted by atomic mass is 10.2. The van der Waals surface area contributed by atoms with Gasteiger partial charge in [-0.05, 0) is 45.7 Å². The van der Waals surface area contributed by atoms with Crippen molar-refractivity contribution in [1.29, 1.82) is 0 Å². The van der Waals surface area contributed by atoms with Crippen LogP contribution in [0.5, 0.6) is 0 Å². The van der Waals surface area contributed by atoms with Crippen LogP contribution in [-0.2, 0) is 4.74 Å². The summed E-state index contributed by atoms with van der Waals surface area (Å²) in [5, 5.41) is 3.27. The van der Waals surface area contributed by atoms with E-state index in [4.69, 9.17) is 4.74 Å². The Kier molecular flexibility index (Phi) is 4.11. The van der Waals surface area contributed by atoms with E-state index < -0.39 is 5.60 Å². The smallest absolute Gasteiger partial charge is 0.410 e. The largest absolute Gasteiger partial charge is 0.444 e. The summed E-state index contributed by atoms with van der Waals surface area (Å²) in [5.74, 6) is 0.676. The number of amides is 1. The number of hydrogen-bond donors (Lipinski definition) is 2. The molecule has 3 heterocycles. The van der Waals surface area contributed by atoms with Crippen molar-refractivity contribution in [3.05, 3.63) is 18.3 Å². The summed E-state index contributed by atoms with van der Waals surface area (Å²) in [4.78, 5) is 25.8. The molecule has 1 amide bonds. The summed E-state index contributed by atoms with van der Waals surface area (Å²) >= 11 is 0. The molecular weight excluding hydrogens is 294 g/mol. The number of nitrogens with zero attached hydrogens (tertiary/aromatic N) is 3. The van der Waals surface area contributed by atoms with Crippen LogP contribution in [-0.4, -0.2) is 50.7 Å². The van der Waals surface area contributed by atoms with Crippen LogP contribution in [0.15, 0.2) is 18.3 Å². The van der Waals surface area contributed by atoms with E-state index in [9.17, 15) is 4.79 Å². The second kappa shape index (κ2) is 6.06. The number of pyridine rings is 1. The molecule has 0 aliphatic carbocycles. The number of anilines is 1. The maximum Gasteiger partial charge on any atom is 0.410 e. The first kappa shape index (κ1) is 15.6. The Bertz CT molecular complexity index is 658. The van der Waals surface area contributed by atoms with Crippen molar-refractivity contribution in [3.8, 4) is 0 Å². The van der Waals surface area contributed by atoms with Crippen molar-refractivity contribution < 1.29 is 9.53 Å². The Balaban J connectivity index is 1.61. The van der Waals surface area contributed by atoms with E-state index in [1.807, 2.05) is 32.9 Å². The minimum Gasteiger partial charge on any atom is -0.444 e. The topological polar surface area (TPSA) is 83.1 Å². The Morgan fingerprint density at radius 1 is 1.52 bits per heavy atom. The number of imidazole rings is 1. The number of nitrogens with one attached hydrogen (secondary N) is 2. The lowest BCUT2D eigenvalue weighted by Gasteiger charge is -2.28. The predicted molar refractivity (Wildman–Crippen MR) is 88.3 cm³/mol. The maximum absolute atomic E-state index is 12.3. The second-order valence-electron chi connectivity index (χ2n) is 6.81. The number of H-pyrrole nitrogens is 1. The van der Waals surface area contributed by atoms with Crippen LogP contribution in [0.2, 0.25) is 0 Å². The fraction of sp³-hybridized carbons (Fsp3) is 0.562. The molecule has 1 aliphatic heterocycles. The van der Waals surface area contributed by atoms with E-state index in [1.165, 1.54) is 0 Å². The van der Waals surface area contributed by atoms with E-state index >= 15 is 0 Å². The lowest BCUT2D eigenvalue weighted by molar-refractivity contribution is 0.0235. The first-order chi connectivity index (χ1) is 10.9. The van der Waals surface area contributed by atoms with Crippen LogP contribution in [0.25, 0.3) is 11.2 Å². The van der Waals surface area contributed by atoms with Gasteiger partial charge in [-0.25, -0.2) is 9.78 Å². The first-order valence-electron chi connectivity index (χ1n) is 7.96. The van der Waals surface area contributed by atoms with Gasteiger partial charge in [0.2, 0.25) is 5.95 Å². The van der Waals surface area contributed by atoms with Gasteiger partial charge in [-0.3, -0.25) is 0 Å². The molecule has 7 heteroatoms. The highest BCUT2D eigenvalue weighted by Crippen LogP contribution is 2.21. The molecule has 2 aromatic rings. The van der Waals surface area contributed by atoms with Crippen molar-refractivity contribution in [2.24, 2.45) is 0 Å². The highest BCUT2D eigenvalue weighted by Gasteiger charge is 2.32. The molecule has 0 radical (unpaired) electrons. The highest BCUT2D eigenvalue weighted by molar-refractivity contribution is 5.73. The number of carbonyl (C=O) groups excluding carboxylic acids is 1. The van der Waals surface area contributed by atoms with Gasteiger partial charge in [0.15, 0.2) is 5.65 Å². The molecule has 1 fully saturated rings. The molecule has 1 atom stereocenters. The number of hydrogen-bond acceptors (Lipinski definition) is 5. The molecule has 23 heavy (non-hydrogen) atoms. The predicted octanol–water partition coefficient (Wildman–Crippen LogP) is 2.77. The number of likely N-dealkylation sites (tertiary alicyclic amines) is 1. The Hall–Kier alpha value is -2.31. The molecule has 2 N–H and O–H groups in total. The standard InChI is InChI=1S/C16H23N5O2/c1-16(2,3)23-15(22)21-9-5-6-11(21)10-18-14-19-12-7-4-8-17-13(12)20-14/h4,7-8,11H,5-6,9-10H2,1-3H3,(H2,17,18,19,20)/t11-/m0/s1. The van der Waals surface area contributed by atoms with Crippen LogP contribution >= 0.6 is 0 Å². The molecule has 124 valence electrons. The molecule has 1 saturated heterocycles. The minimum atomic E-state index is -0.470. The SMILES string of the molecule is CC(C)(C)OC(=O)N1CCC[C@H]1CNc1nc2ncccc2[nH]1. The van der Waals surface area contributed by atoms with Crippen LogP contribution in [0.4, 0.5) is 10.7 Å². The van der Waals surface area contributed by atoms with Crippen molar-refractivity contribution in [2.75, 3.05) is 18.4 Å². The molecular formula is C16H23N5O2. The Labute approximate surface area is 135 Å². The number of rotatable bonds is 3. The third kappa shape index (κ3) is 3.72. The zero-order chi connectivity index (χ0) is 16.4.